The number of hydrogen-bond acceptors (Lipinski definition) is 3. The third-order valence-electron chi connectivity index (χ3n) is 3.01. The maximum atomic E-state index is 13.2. The summed E-state index contributed by atoms with van der Waals surface area (Å²) in [7, 11) is 0. The summed E-state index contributed by atoms with van der Waals surface area (Å²) in [4.78, 5) is 10.9. The van der Waals surface area contributed by atoms with E-state index in [4.69, 9.17) is 15.1 Å². The molecular formula is C16H12FNO3. The van der Waals surface area contributed by atoms with Gasteiger partial charge in [0.2, 0.25) is 0 Å². The molecular weight excluding hydrogens is 273 g/mol. The normalized spacial score (nSPS) is 9.95. The van der Waals surface area contributed by atoms with E-state index in [9.17, 15) is 9.18 Å². The van der Waals surface area contributed by atoms with Gasteiger partial charge in [-0.05, 0) is 48.9 Å². The SMILES string of the molecule is Cc1cc(OCc2cc(F)ccc2C#N)ccc1C(=O)O. The van der Waals surface area contributed by atoms with Gasteiger partial charge in [0, 0.05) is 5.56 Å². The average molecular weight is 285 g/mol. The van der Waals surface area contributed by atoms with Crippen LogP contribution in [0.5, 0.6) is 5.75 Å². The Morgan fingerprint density at radius 3 is 2.71 bits per heavy atom. The molecule has 0 fully saturated rings. The highest BCUT2D eigenvalue weighted by atomic mass is 19.1. The summed E-state index contributed by atoms with van der Waals surface area (Å²) in [5, 5.41) is 17.9. The largest absolute Gasteiger partial charge is 0.489 e. The van der Waals surface area contributed by atoms with Gasteiger partial charge in [-0.25, -0.2) is 9.18 Å². The molecule has 0 aromatic heterocycles. The van der Waals surface area contributed by atoms with Crippen molar-refractivity contribution in [2.24, 2.45) is 0 Å². The van der Waals surface area contributed by atoms with Gasteiger partial charge in [-0.3, -0.25) is 0 Å². The number of halogens is 1. The Kier molecular flexibility index (Phi) is 4.19. The van der Waals surface area contributed by atoms with E-state index in [1.54, 1.807) is 13.0 Å². The second-order valence-corrected chi connectivity index (χ2v) is 4.48. The molecule has 21 heavy (non-hydrogen) atoms. The van der Waals surface area contributed by atoms with E-state index in [0.717, 1.165) is 0 Å². The minimum Gasteiger partial charge on any atom is -0.489 e. The lowest BCUT2D eigenvalue weighted by molar-refractivity contribution is 0.0696. The number of hydrogen-bond donors (Lipinski definition) is 1. The highest BCUT2D eigenvalue weighted by Gasteiger charge is 2.09. The predicted octanol–water partition coefficient (Wildman–Crippen LogP) is 3.28. The van der Waals surface area contributed by atoms with Crippen LogP contribution in [0.2, 0.25) is 0 Å². The third-order valence-corrected chi connectivity index (χ3v) is 3.01. The zero-order valence-electron chi connectivity index (χ0n) is 11.3. The number of nitrogens with zero attached hydrogens (tertiary/aromatic N) is 1. The van der Waals surface area contributed by atoms with Crippen molar-refractivity contribution in [3.05, 3.63) is 64.5 Å². The predicted molar refractivity (Wildman–Crippen MR) is 73.6 cm³/mol. The summed E-state index contributed by atoms with van der Waals surface area (Å²) in [6, 6.07) is 10.4. The minimum absolute atomic E-state index is 0.0342. The fraction of sp³-hybridized carbons (Fsp3) is 0.125. The van der Waals surface area contributed by atoms with Crippen LogP contribution in [0.15, 0.2) is 36.4 Å². The number of aryl methyl sites for hydroxylation is 1. The number of rotatable bonds is 4. The molecule has 0 saturated carbocycles. The molecule has 0 radical (unpaired) electrons. The van der Waals surface area contributed by atoms with Crippen LogP contribution in [0.3, 0.4) is 0 Å². The summed E-state index contributed by atoms with van der Waals surface area (Å²) >= 11 is 0. The molecule has 0 bridgehead atoms. The number of aromatic carboxylic acids is 1. The Morgan fingerprint density at radius 2 is 2.10 bits per heavy atom. The lowest BCUT2D eigenvalue weighted by atomic mass is 10.1. The van der Waals surface area contributed by atoms with Crippen molar-refractivity contribution < 1.29 is 19.0 Å². The summed E-state index contributed by atoms with van der Waals surface area (Å²) in [6.45, 7) is 1.70. The molecule has 2 aromatic rings. The van der Waals surface area contributed by atoms with Crippen LogP contribution >= 0.6 is 0 Å². The van der Waals surface area contributed by atoms with E-state index in [-0.39, 0.29) is 12.2 Å². The third kappa shape index (κ3) is 3.37. The van der Waals surface area contributed by atoms with E-state index in [1.807, 2.05) is 6.07 Å². The molecule has 0 unspecified atom stereocenters. The lowest BCUT2D eigenvalue weighted by Gasteiger charge is -2.09. The van der Waals surface area contributed by atoms with Crippen molar-refractivity contribution >= 4 is 5.97 Å². The smallest absolute Gasteiger partial charge is 0.335 e. The van der Waals surface area contributed by atoms with E-state index >= 15 is 0 Å². The van der Waals surface area contributed by atoms with Crippen LogP contribution in [0.4, 0.5) is 4.39 Å². The van der Waals surface area contributed by atoms with Crippen molar-refractivity contribution in [3.8, 4) is 11.8 Å². The van der Waals surface area contributed by atoms with Gasteiger partial charge < -0.3 is 9.84 Å². The van der Waals surface area contributed by atoms with Crippen LogP contribution in [0.1, 0.15) is 27.0 Å². The first-order chi connectivity index (χ1) is 10.0. The molecule has 0 amide bonds. The van der Waals surface area contributed by atoms with E-state index in [0.29, 0.717) is 22.4 Å². The average Bonchev–Trinajstić information content (AvgIpc) is 2.45. The molecule has 1 N–H and O–H groups in total. The topological polar surface area (TPSA) is 70.3 Å². The summed E-state index contributed by atoms with van der Waals surface area (Å²) in [6.07, 6.45) is 0. The maximum absolute atomic E-state index is 13.2. The van der Waals surface area contributed by atoms with Crippen LogP contribution < -0.4 is 4.74 Å². The number of nitriles is 1. The number of ether oxygens (including phenoxy) is 1. The fourth-order valence-corrected chi connectivity index (χ4v) is 1.92. The van der Waals surface area contributed by atoms with E-state index in [2.05, 4.69) is 0 Å². The molecule has 0 heterocycles. The number of carboxylic acids is 1. The molecule has 4 nitrogen and oxygen atoms in total. The van der Waals surface area contributed by atoms with Gasteiger partial charge >= 0.3 is 5.97 Å². The lowest BCUT2D eigenvalue weighted by Crippen LogP contribution is -2.02. The zero-order valence-corrected chi connectivity index (χ0v) is 11.3. The zero-order chi connectivity index (χ0) is 15.4. The number of benzene rings is 2. The quantitative estimate of drug-likeness (QED) is 0.935. The first-order valence-electron chi connectivity index (χ1n) is 6.16. The molecule has 0 aliphatic carbocycles. The molecule has 2 rings (SSSR count). The van der Waals surface area contributed by atoms with Gasteiger partial charge in [-0.1, -0.05) is 0 Å². The Morgan fingerprint density at radius 1 is 1.33 bits per heavy atom. The molecule has 0 spiro atoms. The molecule has 0 aliphatic rings. The highest BCUT2D eigenvalue weighted by molar-refractivity contribution is 5.89. The minimum atomic E-state index is -1.00. The number of carbonyl (C=O) groups is 1. The van der Waals surface area contributed by atoms with Gasteiger partial charge in [0.25, 0.3) is 0 Å². The molecule has 0 saturated heterocycles. The Labute approximate surface area is 121 Å². The summed E-state index contributed by atoms with van der Waals surface area (Å²) in [5.74, 6) is -0.980. The maximum Gasteiger partial charge on any atom is 0.335 e. The van der Waals surface area contributed by atoms with Crippen molar-refractivity contribution in [2.75, 3.05) is 0 Å². The van der Waals surface area contributed by atoms with Gasteiger partial charge in [0.1, 0.15) is 18.2 Å². The van der Waals surface area contributed by atoms with Gasteiger partial charge in [-0.15, -0.1) is 0 Å². The second kappa shape index (κ2) is 6.06. The fourth-order valence-electron chi connectivity index (χ4n) is 1.92. The van der Waals surface area contributed by atoms with Crippen molar-refractivity contribution in [1.82, 2.24) is 0 Å². The van der Waals surface area contributed by atoms with E-state index < -0.39 is 11.8 Å². The van der Waals surface area contributed by atoms with Crippen LogP contribution in [-0.2, 0) is 6.61 Å². The second-order valence-electron chi connectivity index (χ2n) is 4.48. The molecule has 106 valence electrons. The van der Waals surface area contributed by atoms with Gasteiger partial charge in [-0.2, -0.15) is 5.26 Å². The highest BCUT2D eigenvalue weighted by Crippen LogP contribution is 2.20. The van der Waals surface area contributed by atoms with Crippen LogP contribution in [-0.4, -0.2) is 11.1 Å². The van der Waals surface area contributed by atoms with Gasteiger partial charge in [0.15, 0.2) is 0 Å². The Hall–Kier alpha value is -2.87. The van der Waals surface area contributed by atoms with E-state index in [1.165, 1.54) is 30.3 Å². The van der Waals surface area contributed by atoms with Crippen LogP contribution in [0, 0.1) is 24.1 Å². The summed E-state index contributed by atoms with van der Waals surface area (Å²) < 4.78 is 18.7. The molecule has 5 heteroatoms. The molecule has 2 aromatic carbocycles. The van der Waals surface area contributed by atoms with Crippen molar-refractivity contribution in [3.63, 3.8) is 0 Å². The first-order valence-corrected chi connectivity index (χ1v) is 6.16. The van der Waals surface area contributed by atoms with Crippen LogP contribution in [0.25, 0.3) is 0 Å². The Balaban J connectivity index is 2.17. The standard InChI is InChI=1S/C16H12FNO3/c1-10-6-14(4-5-15(10)16(19)20)21-9-12-7-13(17)3-2-11(12)8-18/h2-7H,9H2,1H3,(H,19,20). The summed E-state index contributed by atoms with van der Waals surface area (Å²) in [5.41, 5.74) is 1.55. The first kappa shape index (κ1) is 14.5. The van der Waals surface area contributed by atoms with Crippen molar-refractivity contribution in [2.45, 2.75) is 13.5 Å². The number of carboxylic acid groups (broad SMARTS) is 1. The molecule has 0 atom stereocenters. The van der Waals surface area contributed by atoms with Crippen molar-refractivity contribution in [1.29, 1.82) is 5.26 Å². The van der Waals surface area contributed by atoms with Gasteiger partial charge in [0.05, 0.1) is 17.2 Å². The monoisotopic (exact) mass is 285 g/mol. The molecule has 0 aliphatic heterocycles. The Bertz CT molecular complexity index is 735.